The molecule has 2 N–H and O–H groups in total. The maximum atomic E-state index is 12.2. The van der Waals surface area contributed by atoms with Crippen molar-refractivity contribution in [1.82, 2.24) is 14.9 Å². The molecule has 138 valence electrons. The maximum Gasteiger partial charge on any atom is 0.306 e. The third-order valence-electron chi connectivity index (χ3n) is 4.58. The van der Waals surface area contributed by atoms with Crippen LogP contribution in [0.4, 0.5) is 0 Å². The van der Waals surface area contributed by atoms with Gasteiger partial charge in [-0.3, -0.25) is 14.2 Å². The summed E-state index contributed by atoms with van der Waals surface area (Å²) >= 11 is 7.54. The molecule has 1 aromatic heterocycles. The van der Waals surface area contributed by atoms with Gasteiger partial charge in [-0.25, -0.2) is 4.98 Å². The van der Waals surface area contributed by atoms with Crippen molar-refractivity contribution in [2.45, 2.75) is 37.4 Å². The molecule has 1 fully saturated rings. The Kier molecular flexibility index (Phi) is 5.88. The summed E-state index contributed by atoms with van der Waals surface area (Å²) in [6.07, 6.45) is 5.36. The second kappa shape index (κ2) is 8.14. The number of carbonyl (C=O) groups excluding carboxylic acids is 1. The lowest BCUT2D eigenvalue weighted by atomic mass is 10.1. The second-order valence-corrected chi connectivity index (χ2v) is 7.71. The number of carboxylic acids is 1. The number of imidazole rings is 1. The highest BCUT2D eigenvalue weighted by Gasteiger charge is 2.30. The molecule has 2 atom stereocenters. The Labute approximate surface area is 160 Å². The van der Waals surface area contributed by atoms with Crippen LogP contribution in [0.3, 0.4) is 0 Å². The predicted octanol–water partition coefficient (Wildman–Crippen LogP) is 3.30. The molecule has 1 saturated carbocycles. The van der Waals surface area contributed by atoms with Gasteiger partial charge in [0.2, 0.25) is 5.91 Å². The standard InChI is InChI=1S/C18H20ClN3O3S/c1-11-14(19)3-2-4-15(11)22-8-7-20-18(22)26-10-16(23)21-13-6-5-12(9-13)17(24)25/h2-4,7-8,12-13H,5-6,9-10H2,1H3,(H,21,23)(H,24,25). The van der Waals surface area contributed by atoms with Crippen LogP contribution in [0, 0.1) is 12.8 Å². The van der Waals surface area contributed by atoms with Crippen LogP contribution >= 0.6 is 23.4 Å². The van der Waals surface area contributed by atoms with Crippen molar-refractivity contribution in [3.63, 3.8) is 0 Å². The van der Waals surface area contributed by atoms with Crippen LogP contribution in [-0.4, -0.2) is 38.3 Å². The highest BCUT2D eigenvalue weighted by atomic mass is 35.5. The first kappa shape index (κ1) is 18.8. The topological polar surface area (TPSA) is 84.2 Å². The van der Waals surface area contributed by atoms with E-state index in [1.54, 1.807) is 6.20 Å². The van der Waals surface area contributed by atoms with E-state index in [1.165, 1.54) is 11.8 Å². The van der Waals surface area contributed by atoms with E-state index in [2.05, 4.69) is 10.3 Å². The Hall–Kier alpha value is -1.99. The van der Waals surface area contributed by atoms with E-state index in [4.69, 9.17) is 16.7 Å². The average Bonchev–Trinajstić information content (AvgIpc) is 3.25. The fraction of sp³-hybridized carbons (Fsp3) is 0.389. The molecular weight excluding hydrogens is 374 g/mol. The molecule has 0 bridgehead atoms. The van der Waals surface area contributed by atoms with Crippen LogP contribution in [0.2, 0.25) is 5.02 Å². The number of thioether (sulfide) groups is 1. The number of amides is 1. The monoisotopic (exact) mass is 393 g/mol. The molecule has 2 aromatic rings. The van der Waals surface area contributed by atoms with E-state index < -0.39 is 5.97 Å². The lowest BCUT2D eigenvalue weighted by Crippen LogP contribution is -2.34. The van der Waals surface area contributed by atoms with Gasteiger partial charge in [0.15, 0.2) is 5.16 Å². The average molecular weight is 394 g/mol. The number of nitrogens with zero attached hydrogens (tertiary/aromatic N) is 2. The van der Waals surface area contributed by atoms with Gasteiger partial charge < -0.3 is 10.4 Å². The molecule has 0 saturated heterocycles. The minimum atomic E-state index is -0.782. The Bertz CT molecular complexity index is 824. The van der Waals surface area contributed by atoms with E-state index >= 15 is 0 Å². The van der Waals surface area contributed by atoms with Crippen LogP contribution < -0.4 is 5.32 Å². The quantitative estimate of drug-likeness (QED) is 0.735. The highest BCUT2D eigenvalue weighted by Crippen LogP contribution is 2.28. The first-order chi connectivity index (χ1) is 12.5. The predicted molar refractivity (Wildman–Crippen MR) is 101 cm³/mol. The molecular formula is C18H20ClN3O3S. The number of carbonyl (C=O) groups is 2. The van der Waals surface area contributed by atoms with Gasteiger partial charge in [-0.2, -0.15) is 0 Å². The summed E-state index contributed by atoms with van der Waals surface area (Å²) in [5, 5.41) is 13.3. The van der Waals surface area contributed by atoms with Crippen molar-refractivity contribution in [3.05, 3.63) is 41.2 Å². The molecule has 1 aliphatic carbocycles. The summed E-state index contributed by atoms with van der Waals surface area (Å²) in [6.45, 7) is 1.94. The minimum absolute atomic E-state index is 0.0564. The van der Waals surface area contributed by atoms with Crippen molar-refractivity contribution in [2.24, 2.45) is 5.92 Å². The SMILES string of the molecule is Cc1c(Cl)cccc1-n1ccnc1SCC(=O)NC1CCC(C(=O)O)C1. The van der Waals surface area contributed by atoms with Gasteiger partial charge in [-0.05, 0) is 43.9 Å². The molecule has 0 radical (unpaired) electrons. The molecule has 1 heterocycles. The van der Waals surface area contributed by atoms with Crippen LogP contribution in [0.1, 0.15) is 24.8 Å². The third-order valence-corrected chi connectivity index (χ3v) is 5.96. The molecule has 1 aliphatic rings. The molecule has 1 amide bonds. The molecule has 3 rings (SSSR count). The van der Waals surface area contributed by atoms with Crippen molar-refractivity contribution in [2.75, 3.05) is 5.75 Å². The number of hydrogen-bond donors (Lipinski definition) is 2. The fourth-order valence-corrected chi connectivity index (χ4v) is 4.12. The second-order valence-electron chi connectivity index (χ2n) is 6.37. The number of aliphatic carboxylic acids is 1. The van der Waals surface area contributed by atoms with Crippen LogP contribution in [0.5, 0.6) is 0 Å². The number of rotatable bonds is 6. The summed E-state index contributed by atoms with van der Waals surface area (Å²) in [6, 6.07) is 5.62. The highest BCUT2D eigenvalue weighted by molar-refractivity contribution is 7.99. The molecule has 26 heavy (non-hydrogen) atoms. The summed E-state index contributed by atoms with van der Waals surface area (Å²) in [5.74, 6) is -1.01. The van der Waals surface area contributed by atoms with E-state index in [9.17, 15) is 9.59 Å². The summed E-state index contributed by atoms with van der Waals surface area (Å²) in [5.41, 5.74) is 1.88. The van der Waals surface area contributed by atoms with E-state index in [-0.39, 0.29) is 23.6 Å². The van der Waals surface area contributed by atoms with Gasteiger partial charge >= 0.3 is 5.97 Å². The molecule has 0 spiro atoms. The number of nitrogens with one attached hydrogen (secondary N) is 1. The Balaban J connectivity index is 1.59. The Morgan fingerprint density at radius 2 is 2.23 bits per heavy atom. The zero-order valence-electron chi connectivity index (χ0n) is 14.3. The molecule has 1 aromatic carbocycles. The van der Waals surface area contributed by atoms with Crippen LogP contribution in [-0.2, 0) is 9.59 Å². The maximum absolute atomic E-state index is 12.2. The van der Waals surface area contributed by atoms with Crippen LogP contribution in [0.15, 0.2) is 35.7 Å². The summed E-state index contributed by atoms with van der Waals surface area (Å²) in [4.78, 5) is 27.5. The number of hydrogen-bond acceptors (Lipinski definition) is 4. The zero-order chi connectivity index (χ0) is 18.7. The Morgan fingerprint density at radius 1 is 1.42 bits per heavy atom. The van der Waals surface area contributed by atoms with Gasteiger partial charge in [0.05, 0.1) is 17.4 Å². The van der Waals surface area contributed by atoms with Crippen molar-refractivity contribution >= 4 is 35.2 Å². The first-order valence-corrected chi connectivity index (χ1v) is 9.76. The van der Waals surface area contributed by atoms with Gasteiger partial charge in [0.25, 0.3) is 0 Å². The lowest BCUT2D eigenvalue weighted by molar-refractivity contribution is -0.141. The van der Waals surface area contributed by atoms with Gasteiger partial charge in [0.1, 0.15) is 0 Å². The van der Waals surface area contributed by atoms with Gasteiger partial charge in [0, 0.05) is 23.5 Å². The lowest BCUT2D eigenvalue weighted by Gasteiger charge is -2.13. The largest absolute Gasteiger partial charge is 0.481 e. The van der Waals surface area contributed by atoms with Crippen molar-refractivity contribution in [1.29, 1.82) is 0 Å². The molecule has 0 aliphatic heterocycles. The molecule has 6 nitrogen and oxygen atoms in total. The summed E-state index contributed by atoms with van der Waals surface area (Å²) < 4.78 is 1.91. The van der Waals surface area contributed by atoms with E-state index in [1.807, 2.05) is 35.9 Å². The molecule has 8 heteroatoms. The fourth-order valence-electron chi connectivity index (χ4n) is 3.17. The summed E-state index contributed by atoms with van der Waals surface area (Å²) in [7, 11) is 0. The van der Waals surface area contributed by atoms with E-state index in [0.717, 1.165) is 11.3 Å². The van der Waals surface area contributed by atoms with Crippen molar-refractivity contribution < 1.29 is 14.7 Å². The Morgan fingerprint density at radius 3 is 2.96 bits per heavy atom. The first-order valence-electron chi connectivity index (χ1n) is 8.39. The van der Waals surface area contributed by atoms with Crippen LogP contribution in [0.25, 0.3) is 5.69 Å². The smallest absolute Gasteiger partial charge is 0.306 e. The van der Waals surface area contributed by atoms with Crippen molar-refractivity contribution in [3.8, 4) is 5.69 Å². The number of halogens is 1. The number of carboxylic acid groups (broad SMARTS) is 1. The van der Waals surface area contributed by atoms with E-state index in [0.29, 0.717) is 29.4 Å². The number of benzene rings is 1. The van der Waals surface area contributed by atoms with Gasteiger partial charge in [-0.1, -0.05) is 29.4 Å². The van der Waals surface area contributed by atoms with Gasteiger partial charge in [-0.15, -0.1) is 0 Å². The normalized spacial score (nSPS) is 19.5. The minimum Gasteiger partial charge on any atom is -0.481 e. The number of aromatic nitrogens is 2. The molecule has 2 unspecified atom stereocenters. The zero-order valence-corrected chi connectivity index (χ0v) is 15.9. The third kappa shape index (κ3) is 4.22.